The van der Waals surface area contributed by atoms with E-state index in [1.54, 1.807) is 0 Å². The quantitative estimate of drug-likeness (QED) is 0.563. The van der Waals surface area contributed by atoms with E-state index in [2.05, 4.69) is 46.8 Å². The summed E-state index contributed by atoms with van der Waals surface area (Å²) in [6.45, 7) is 14.8. The fourth-order valence-electron chi connectivity index (χ4n) is 3.79. The Morgan fingerprint density at radius 2 is 1.73 bits per heavy atom. The molecule has 0 amide bonds. The van der Waals surface area contributed by atoms with Crippen molar-refractivity contribution in [1.82, 2.24) is 0 Å². The van der Waals surface area contributed by atoms with Crippen molar-refractivity contribution in [2.24, 2.45) is 0 Å². The molecule has 1 aromatic carbocycles. The number of fused-ring (bicyclic) bond motifs is 1. The van der Waals surface area contributed by atoms with E-state index in [4.69, 9.17) is 4.74 Å². The zero-order chi connectivity index (χ0) is 19.5. The lowest BCUT2D eigenvalue weighted by Gasteiger charge is -2.38. The van der Waals surface area contributed by atoms with Gasteiger partial charge in [-0.3, -0.25) is 0 Å². The van der Waals surface area contributed by atoms with Crippen LogP contribution in [0, 0.1) is 20.8 Å². The molecular weight excluding hydrogens is 320 g/mol. The van der Waals surface area contributed by atoms with E-state index in [1.165, 1.54) is 16.7 Å². The minimum atomic E-state index is -0.121. The van der Waals surface area contributed by atoms with Crippen LogP contribution < -0.4 is 4.74 Å². The van der Waals surface area contributed by atoms with Crippen molar-refractivity contribution in [3.05, 3.63) is 45.6 Å². The van der Waals surface area contributed by atoms with E-state index in [0.717, 1.165) is 61.0 Å². The summed E-state index contributed by atoms with van der Waals surface area (Å²) in [5.74, 6) is 1.44. The van der Waals surface area contributed by atoms with Crippen LogP contribution in [-0.2, 0) is 6.42 Å². The molecule has 0 saturated carbocycles. The van der Waals surface area contributed by atoms with Gasteiger partial charge in [-0.05, 0) is 104 Å². The van der Waals surface area contributed by atoms with Gasteiger partial charge in [0.15, 0.2) is 0 Å². The van der Waals surface area contributed by atoms with Crippen LogP contribution in [0.5, 0.6) is 11.5 Å². The summed E-state index contributed by atoms with van der Waals surface area (Å²) >= 11 is 0. The molecule has 1 atom stereocenters. The second kappa shape index (κ2) is 8.33. The van der Waals surface area contributed by atoms with Crippen LogP contribution in [0.3, 0.4) is 0 Å². The lowest BCUT2D eigenvalue weighted by Crippen LogP contribution is -2.37. The second-order valence-corrected chi connectivity index (χ2v) is 8.49. The molecule has 0 radical (unpaired) electrons. The first-order valence-electron chi connectivity index (χ1n) is 9.94. The van der Waals surface area contributed by atoms with Crippen LogP contribution >= 0.6 is 0 Å². The molecule has 1 unspecified atom stereocenters. The standard InChI is InChI=1S/C24H36O2/c1-16(2)10-8-11-17(3)12-9-14-24(7)15-13-21-20(6)22(25)18(4)19(5)23(21)26-24/h10,12,25H,8-9,11,13-15H2,1-7H3/b17-12+. The lowest BCUT2D eigenvalue weighted by molar-refractivity contribution is 0.0558. The summed E-state index contributed by atoms with van der Waals surface area (Å²) in [4.78, 5) is 0. The summed E-state index contributed by atoms with van der Waals surface area (Å²) in [7, 11) is 0. The van der Waals surface area contributed by atoms with Crippen LogP contribution in [0.15, 0.2) is 23.3 Å². The van der Waals surface area contributed by atoms with E-state index in [-0.39, 0.29) is 5.60 Å². The molecule has 2 heteroatoms. The van der Waals surface area contributed by atoms with Crippen LogP contribution in [0.4, 0.5) is 0 Å². The molecule has 2 rings (SSSR count). The monoisotopic (exact) mass is 356 g/mol. The Morgan fingerprint density at radius 1 is 1.04 bits per heavy atom. The van der Waals surface area contributed by atoms with E-state index >= 15 is 0 Å². The SMILES string of the molecule is CC(C)=CCC/C(C)=C/CCC1(C)CCc2c(C)c(O)c(C)c(C)c2O1. The molecule has 0 aliphatic carbocycles. The third-order valence-electron chi connectivity index (χ3n) is 5.85. The highest BCUT2D eigenvalue weighted by molar-refractivity contribution is 5.58. The minimum absolute atomic E-state index is 0.121. The largest absolute Gasteiger partial charge is 0.507 e. The van der Waals surface area contributed by atoms with Crippen molar-refractivity contribution in [3.8, 4) is 11.5 Å². The van der Waals surface area contributed by atoms with Crippen molar-refractivity contribution in [3.63, 3.8) is 0 Å². The van der Waals surface area contributed by atoms with Gasteiger partial charge in [0.2, 0.25) is 0 Å². The fourth-order valence-corrected chi connectivity index (χ4v) is 3.79. The van der Waals surface area contributed by atoms with Crippen LogP contribution in [0.2, 0.25) is 0 Å². The Morgan fingerprint density at radius 3 is 2.38 bits per heavy atom. The Kier molecular flexibility index (Phi) is 6.60. The Labute approximate surface area is 160 Å². The molecule has 1 aliphatic heterocycles. The average molecular weight is 357 g/mol. The maximum Gasteiger partial charge on any atom is 0.127 e. The molecule has 26 heavy (non-hydrogen) atoms. The minimum Gasteiger partial charge on any atom is -0.507 e. The van der Waals surface area contributed by atoms with Crippen molar-refractivity contribution in [1.29, 1.82) is 0 Å². The number of hydrogen-bond donors (Lipinski definition) is 1. The predicted octanol–water partition coefficient (Wildman–Crippen LogP) is 6.87. The van der Waals surface area contributed by atoms with Gasteiger partial charge >= 0.3 is 0 Å². The molecule has 1 aromatic rings. The molecule has 1 heterocycles. The van der Waals surface area contributed by atoms with Gasteiger partial charge in [-0.1, -0.05) is 23.3 Å². The predicted molar refractivity (Wildman–Crippen MR) is 111 cm³/mol. The third-order valence-corrected chi connectivity index (χ3v) is 5.85. The number of phenols is 1. The number of hydrogen-bond acceptors (Lipinski definition) is 2. The third kappa shape index (κ3) is 4.72. The fraction of sp³-hybridized carbons (Fsp3) is 0.583. The molecular formula is C24H36O2. The lowest BCUT2D eigenvalue weighted by atomic mass is 9.85. The van der Waals surface area contributed by atoms with Gasteiger partial charge in [-0.2, -0.15) is 0 Å². The highest BCUT2D eigenvalue weighted by atomic mass is 16.5. The summed E-state index contributed by atoms with van der Waals surface area (Å²) in [6, 6.07) is 0. The van der Waals surface area contributed by atoms with Crippen molar-refractivity contribution >= 4 is 0 Å². The van der Waals surface area contributed by atoms with E-state index in [1.807, 2.05) is 13.8 Å². The van der Waals surface area contributed by atoms with Crippen molar-refractivity contribution in [2.75, 3.05) is 0 Å². The zero-order valence-electron chi connectivity index (χ0n) is 17.8. The van der Waals surface area contributed by atoms with Crippen LogP contribution in [0.25, 0.3) is 0 Å². The van der Waals surface area contributed by atoms with Gasteiger partial charge < -0.3 is 9.84 Å². The smallest absolute Gasteiger partial charge is 0.127 e. The summed E-state index contributed by atoms with van der Waals surface area (Å²) in [5.41, 5.74) is 6.95. The molecule has 0 aromatic heterocycles. The number of ether oxygens (including phenoxy) is 1. The first-order chi connectivity index (χ1) is 12.1. The highest BCUT2D eigenvalue weighted by Gasteiger charge is 2.33. The van der Waals surface area contributed by atoms with Gasteiger partial charge in [0.1, 0.15) is 17.1 Å². The van der Waals surface area contributed by atoms with E-state index in [0.29, 0.717) is 5.75 Å². The first-order valence-corrected chi connectivity index (χ1v) is 9.94. The Balaban J connectivity index is 2.04. The van der Waals surface area contributed by atoms with Gasteiger partial charge in [0, 0.05) is 5.56 Å². The number of benzene rings is 1. The molecule has 2 nitrogen and oxygen atoms in total. The summed E-state index contributed by atoms with van der Waals surface area (Å²) in [5, 5.41) is 10.3. The summed E-state index contributed by atoms with van der Waals surface area (Å²) in [6.07, 6.45) is 11.0. The molecule has 1 aliphatic rings. The number of aromatic hydroxyl groups is 1. The molecule has 0 fully saturated rings. The molecule has 0 bridgehead atoms. The van der Waals surface area contributed by atoms with E-state index < -0.39 is 0 Å². The van der Waals surface area contributed by atoms with Gasteiger partial charge in [-0.15, -0.1) is 0 Å². The van der Waals surface area contributed by atoms with Crippen molar-refractivity contribution < 1.29 is 9.84 Å². The Bertz CT molecular complexity index is 720. The maximum absolute atomic E-state index is 10.3. The number of allylic oxidation sites excluding steroid dienone is 4. The molecule has 1 N–H and O–H groups in total. The first kappa shape index (κ1) is 20.6. The van der Waals surface area contributed by atoms with Crippen LogP contribution in [-0.4, -0.2) is 10.7 Å². The molecule has 0 saturated heterocycles. The summed E-state index contributed by atoms with van der Waals surface area (Å²) < 4.78 is 6.51. The number of rotatable bonds is 6. The van der Waals surface area contributed by atoms with Gasteiger partial charge in [0.05, 0.1) is 0 Å². The zero-order valence-corrected chi connectivity index (χ0v) is 17.8. The highest BCUT2D eigenvalue weighted by Crippen LogP contribution is 2.44. The van der Waals surface area contributed by atoms with Gasteiger partial charge in [-0.25, -0.2) is 0 Å². The average Bonchev–Trinajstić information content (AvgIpc) is 2.57. The van der Waals surface area contributed by atoms with Crippen LogP contribution in [0.1, 0.15) is 82.1 Å². The van der Waals surface area contributed by atoms with Crippen molar-refractivity contribution in [2.45, 2.75) is 92.6 Å². The van der Waals surface area contributed by atoms with Gasteiger partial charge in [0.25, 0.3) is 0 Å². The van der Waals surface area contributed by atoms with E-state index in [9.17, 15) is 5.11 Å². The molecule has 144 valence electrons. The molecule has 0 spiro atoms. The normalized spacial score (nSPS) is 19.7. The maximum atomic E-state index is 10.3. The Hall–Kier alpha value is -1.70. The number of phenolic OH excluding ortho intramolecular Hbond substituents is 1. The second-order valence-electron chi connectivity index (χ2n) is 8.49. The topological polar surface area (TPSA) is 29.5 Å².